The molecule has 0 spiro atoms. The summed E-state index contributed by atoms with van der Waals surface area (Å²) in [5, 5.41) is 19.1. The molecule has 0 bridgehead atoms. The van der Waals surface area contributed by atoms with Gasteiger partial charge < -0.3 is 5.11 Å². The highest BCUT2D eigenvalue weighted by Crippen LogP contribution is 2.41. The monoisotopic (exact) mass is 417 g/mol. The van der Waals surface area contributed by atoms with Gasteiger partial charge in [0.05, 0.1) is 11.6 Å². The predicted octanol–water partition coefficient (Wildman–Crippen LogP) is 4.52. The van der Waals surface area contributed by atoms with Crippen LogP contribution < -0.4 is 0 Å². The number of nitriles is 1. The molecule has 2 aromatic rings. The SMILES string of the molecule is CC(C)(c1ccc(C(F)(F)F)nc1)N1CC[C@](CO)(CCc2ccc(C#N)cc2)C1. The van der Waals surface area contributed by atoms with Crippen molar-refractivity contribution in [1.82, 2.24) is 9.88 Å². The minimum absolute atomic E-state index is 0.0567. The maximum atomic E-state index is 12.8. The third kappa shape index (κ3) is 4.66. The van der Waals surface area contributed by atoms with Gasteiger partial charge in [-0.25, -0.2) is 0 Å². The molecule has 1 aromatic carbocycles. The molecule has 2 heterocycles. The highest BCUT2D eigenvalue weighted by molar-refractivity contribution is 5.31. The minimum Gasteiger partial charge on any atom is -0.396 e. The van der Waals surface area contributed by atoms with Gasteiger partial charge in [0, 0.05) is 30.3 Å². The van der Waals surface area contributed by atoms with Crippen LogP contribution in [0, 0.1) is 16.7 Å². The molecule has 1 aromatic heterocycles. The van der Waals surface area contributed by atoms with Crippen LogP contribution in [0.3, 0.4) is 0 Å². The van der Waals surface area contributed by atoms with E-state index < -0.39 is 17.4 Å². The van der Waals surface area contributed by atoms with Crippen molar-refractivity contribution in [3.63, 3.8) is 0 Å². The number of alkyl halides is 3. The lowest BCUT2D eigenvalue weighted by Gasteiger charge is -2.38. The lowest BCUT2D eigenvalue weighted by atomic mass is 9.81. The first-order valence-electron chi connectivity index (χ1n) is 9.98. The van der Waals surface area contributed by atoms with Crippen LogP contribution in [0.25, 0.3) is 0 Å². The summed E-state index contributed by atoms with van der Waals surface area (Å²) in [6, 6.07) is 12.1. The van der Waals surface area contributed by atoms with Crippen LogP contribution in [0.1, 0.15) is 49.1 Å². The van der Waals surface area contributed by atoms with Crippen molar-refractivity contribution in [3.8, 4) is 6.07 Å². The first-order chi connectivity index (χ1) is 14.1. The van der Waals surface area contributed by atoms with Crippen LogP contribution in [0.4, 0.5) is 13.2 Å². The Morgan fingerprint density at radius 1 is 1.17 bits per heavy atom. The number of halogens is 3. The van der Waals surface area contributed by atoms with E-state index in [1.54, 1.807) is 12.1 Å². The zero-order chi connectivity index (χ0) is 22.0. The van der Waals surface area contributed by atoms with Crippen molar-refractivity contribution in [3.05, 3.63) is 65.0 Å². The zero-order valence-corrected chi connectivity index (χ0v) is 17.2. The van der Waals surface area contributed by atoms with Crippen LogP contribution >= 0.6 is 0 Å². The Bertz CT molecular complexity index is 901. The lowest BCUT2D eigenvalue weighted by Crippen LogP contribution is -2.42. The van der Waals surface area contributed by atoms with Gasteiger partial charge in [0.2, 0.25) is 0 Å². The molecule has 1 saturated heterocycles. The molecule has 1 aliphatic heterocycles. The summed E-state index contributed by atoms with van der Waals surface area (Å²) < 4.78 is 38.4. The molecule has 1 aliphatic rings. The van der Waals surface area contributed by atoms with Gasteiger partial charge in [-0.1, -0.05) is 18.2 Å². The van der Waals surface area contributed by atoms with E-state index in [1.807, 2.05) is 26.0 Å². The van der Waals surface area contributed by atoms with E-state index in [4.69, 9.17) is 5.26 Å². The van der Waals surface area contributed by atoms with Crippen molar-refractivity contribution in [2.75, 3.05) is 19.7 Å². The third-order valence-electron chi connectivity index (χ3n) is 6.35. The summed E-state index contributed by atoms with van der Waals surface area (Å²) in [4.78, 5) is 5.82. The number of hydrogen-bond acceptors (Lipinski definition) is 4. The highest BCUT2D eigenvalue weighted by Gasteiger charge is 2.43. The van der Waals surface area contributed by atoms with E-state index in [0.717, 1.165) is 43.0 Å². The quantitative estimate of drug-likeness (QED) is 0.751. The topological polar surface area (TPSA) is 60.1 Å². The zero-order valence-electron chi connectivity index (χ0n) is 17.2. The fourth-order valence-electron chi connectivity index (χ4n) is 4.09. The van der Waals surface area contributed by atoms with E-state index in [0.29, 0.717) is 12.1 Å². The number of hydrogen-bond donors (Lipinski definition) is 1. The smallest absolute Gasteiger partial charge is 0.396 e. The van der Waals surface area contributed by atoms with Crippen LogP contribution in [-0.4, -0.2) is 34.7 Å². The number of aliphatic hydroxyl groups is 1. The number of nitrogens with zero attached hydrogens (tertiary/aromatic N) is 3. The van der Waals surface area contributed by atoms with Crippen LogP contribution in [0.2, 0.25) is 0 Å². The molecular formula is C23H26F3N3O. The van der Waals surface area contributed by atoms with E-state index >= 15 is 0 Å². The number of pyridine rings is 1. The second-order valence-electron chi connectivity index (χ2n) is 8.63. The fourth-order valence-corrected chi connectivity index (χ4v) is 4.09. The summed E-state index contributed by atoms with van der Waals surface area (Å²) in [5.74, 6) is 0. The molecule has 0 aliphatic carbocycles. The van der Waals surface area contributed by atoms with Gasteiger partial charge in [-0.2, -0.15) is 18.4 Å². The molecular weight excluding hydrogens is 391 g/mol. The van der Waals surface area contributed by atoms with Gasteiger partial charge in [0.15, 0.2) is 0 Å². The second-order valence-corrected chi connectivity index (χ2v) is 8.63. The number of aryl methyl sites for hydroxylation is 1. The fraction of sp³-hybridized carbons (Fsp3) is 0.478. The van der Waals surface area contributed by atoms with E-state index in [9.17, 15) is 18.3 Å². The molecule has 0 unspecified atom stereocenters. The minimum atomic E-state index is -4.45. The van der Waals surface area contributed by atoms with Gasteiger partial charge in [0.25, 0.3) is 0 Å². The number of likely N-dealkylation sites (tertiary alicyclic amines) is 1. The van der Waals surface area contributed by atoms with Gasteiger partial charge in [-0.3, -0.25) is 9.88 Å². The van der Waals surface area contributed by atoms with Crippen molar-refractivity contribution in [1.29, 1.82) is 5.26 Å². The molecule has 7 heteroatoms. The number of rotatable bonds is 6. The molecule has 1 N–H and O–H groups in total. The summed E-state index contributed by atoms with van der Waals surface area (Å²) in [6.07, 6.45) is -0.737. The first kappa shape index (κ1) is 22.3. The Hall–Kier alpha value is -2.43. The average Bonchev–Trinajstić information content (AvgIpc) is 3.18. The standard InChI is InChI=1S/C23H26F3N3O/c1-21(2,19-7-8-20(28-14-19)23(24,25)26)29-12-11-22(15-29,16-30)10-9-17-3-5-18(13-27)6-4-17/h3-8,14,30H,9-12,15-16H2,1-2H3/t22-/m1/s1. The Labute approximate surface area is 175 Å². The van der Waals surface area contributed by atoms with Gasteiger partial charge in [-0.05, 0) is 69.0 Å². The number of benzene rings is 1. The normalized spacial score (nSPS) is 20.3. The van der Waals surface area contributed by atoms with Crippen LogP contribution in [0.5, 0.6) is 0 Å². The van der Waals surface area contributed by atoms with Gasteiger partial charge >= 0.3 is 6.18 Å². The molecule has 0 radical (unpaired) electrons. The number of aromatic nitrogens is 1. The van der Waals surface area contributed by atoms with Gasteiger partial charge in [0.1, 0.15) is 5.69 Å². The van der Waals surface area contributed by atoms with Crippen molar-refractivity contribution >= 4 is 0 Å². The molecule has 4 nitrogen and oxygen atoms in total. The second kappa shape index (κ2) is 8.37. The van der Waals surface area contributed by atoms with Crippen molar-refractivity contribution < 1.29 is 18.3 Å². The molecule has 0 saturated carbocycles. The van der Waals surface area contributed by atoms with Crippen LogP contribution in [-0.2, 0) is 18.1 Å². The summed E-state index contributed by atoms with van der Waals surface area (Å²) in [7, 11) is 0. The van der Waals surface area contributed by atoms with Crippen molar-refractivity contribution in [2.45, 2.75) is 44.8 Å². The molecule has 1 fully saturated rings. The highest BCUT2D eigenvalue weighted by atomic mass is 19.4. The summed E-state index contributed by atoms with van der Waals surface area (Å²) in [6.45, 7) is 5.42. The lowest BCUT2D eigenvalue weighted by molar-refractivity contribution is -0.141. The molecule has 160 valence electrons. The molecule has 0 amide bonds. The molecule has 3 rings (SSSR count). The first-order valence-corrected chi connectivity index (χ1v) is 9.98. The van der Waals surface area contributed by atoms with E-state index in [2.05, 4.69) is 16.0 Å². The predicted molar refractivity (Wildman–Crippen MR) is 107 cm³/mol. The van der Waals surface area contributed by atoms with Crippen LogP contribution in [0.15, 0.2) is 42.6 Å². The maximum absolute atomic E-state index is 12.8. The van der Waals surface area contributed by atoms with E-state index in [1.165, 1.54) is 12.3 Å². The van der Waals surface area contributed by atoms with Gasteiger partial charge in [-0.15, -0.1) is 0 Å². The molecule has 30 heavy (non-hydrogen) atoms. The Balaban J connectivity index is 1.69. The van der Waals surface area contributed by atoms with E-state index in [-0.39, 0.29) is 12.0 Å². The Morgan fingerprint density at radius 2 is 1.87 bits per heavy atom. The summed E-state index contributed by atoms with van der Waals surface area (Å²) >= 11 is 0. The van der Waals surface area contributed by atoms with Crippen molar-refractivity contribution in [2.24, 2.45) is 5.41 Å². The Kier molecular flexibility index (Phi) is 6.21. The third-order valence-corrected chi connectivity index (χ3v) is 6.35. The largest absolute Gasteiger partial charge is 0.433 e. The molecule has 1 atom stereocenters. The summed E-state index contributed by atoms with van der Waals surface area (Å²) in [5.41, 5.74) is 0.806. The maximum Gasteiger partial charge on any atom is 0.433 e. The average molecular weight is 417 g/mol. The Morgan fingerprint density at radius 3 is 2.40 bits per heavy atom. The number of aliphatic hydroxyl groups excluding tert-OH is 1.